The molecule has 0 radical (unpaired) electrons. The zero-order valence-electron chi connectivity index (χ0n) is 9.58. The second kappa shape index (κ2) is 3.82. The van der Waals surface area contributed by atoms with Crippen LogP contribution < -0.4 is 0 Å². The van der Waals surface area contributed by atoms with Crippen LogP contribution in [0.25, 0.3) is 0 Å². The minimum absolute atomic E-state index is 0.0745. The van der Waals surface area contributed by atoms with Gasteiger partial charge >= 0.3 is 0 Å². The molecule has 0 bridgehead atoms. The van der Waals surface area contributed by atoms with E-state index in [0.717, 1.165) is 31.9 Å². The fraction of sp³-hybridized carbons (Fsp3) is 0.818. The smallest absolute Gasteiger partial charge is 0.146 e. The molecule has 5 heteroatoms. The van der Waals surface area contributed by atoms with Gasteiger partial charge in [-0.25, -0.2) is 0 Å². The van der Waals surface area contributed by atoms with Gasteiger partial charge in [-0.3, -0.25) is 4.90 Å². The van der Waals surface area contributed by atoms with E-state index in [0.29, 0.717) is 11.8 Å². The van der Waals surface area contributed by atoms with Crippen LogP contribution in [0, 0.1) is 11.8 Å². The molecule has 1 N–H and O–H groups in total. The van der Waals surface area contributed by atoms with Crippen molar-refractivity contribution in [3.63, 3.8) is 0 Å². The van der Waals surface area contributed by atoms with Crippen molar-refractivity contribution in [2.24, 2.45) is 18.9 Å². The van der Waals surface area contributed by atoms with E-state index in [4.69, 9.17) is 0 Å². The molecule has 1 aliphatic heterocycles. The highest BCUT2D eigenvalue weighted by Gasteiger charge is 2.41. The van der Waals surface area contributed by atoms with Crippen LogP contribution in [0.2, 0.25) is 0 Å². The standard InChI is InChI=1S/C11H18N4O/c1-14-7-12-13-11(14)6-15-4-8-2-3-10(16)9(8)5-15/h7-10,16H,2-6H2,1H3. The number of likely N-dealkylation sites (tertiary alicyclic amines) is 1. The number of aromatic nitrogens is 3. The molecule has 1 aromatic heterocycles. The van der Waals surface area contributed by atoms with Gasteiger partial charge in [0.05, 0.1) is 12.6 Å². The maximum Gasteiger partial charge on any atom is 0.146 e. The van der Waals surface area contributed by atoms with Gasteiger partial charge in [0.1, 0.15) is 12.2 Å². The summed E-state index contributed by atoms with van der Waals surface area (Å²) in [5, 5.41) is 17.8. The molecule has 3 rings (SSSR count). The first-order valence-electron chi connectivity index (χ1n) is 5.97. The maximum absolute atomic E-state index is 9.84. The third kappa shape index (κ3) is 1.64. The van der Waals surface area contributed by atoms with E-state index in [1.54, 1.807) is 6.33 Å². The van der Waals surface area contributed by atoms with Crippen LogP contribution in [0.4, 0.5) is 0 Å². The number of rotatable bonds is 2. The Labute approximate surface area is 95.1 Å². The van der Waals surface area contributed by atoms with Crippen molar-refractivity contribution in [2.75, 3.05) is 13.1 Å². The number of hydrogen-bond donors (Lipinski definition) is 1. The number of fused-ring (bicyclic) bond motifs is 1. The van der Waals surface area contributed by atoms with Gasteiger partial charge < -0.3 is 9.67 Å². The molecule has 1 saturated heterocycles. The summed E-state index contributed by atoms with van der Waals surface area (Å²) in [6, 6.07) is 0. The van der Waals surface area contributed by atoms with Gasteiger partial charge in [0.15, 0.2) is 0 Å². The maximum atomic E-state index is 9.84. The van der Waals surface area contributed by atoms with Crippen LogP contribution in [0.15, 0.2) is 6.33 Å². The molecule has 1 saturated carbocycles. The summed E-state index contributed by atoms with van der Waals surface area (Å²) in [6.45, 7) is 2.98. The molecule has 3 unspecified atom stereocenters. The van der Waals surface area contributed by atoms with Crippen LogP contribution in [0.5, 0.6) is 0 Å². The van der Waals surface area contributed by atoms with Crippen LogP contribution >= 0.6 is 0 Å². The van der Waals surface area contributed by atoms with Crippen LogP contribution in [0.1, 0.15) is 18.7 Å². The Bertz CT molecular complexity index is 378. The third-order valence-corrected chi connectivity index (χ3v) is 4.06. The normalized spacial score (nSPS) is 34.5. The summed E-state index contributed by atoms with van der Waals surface area (Å²) in [6.07, 6.45) is 3.84. The second-order valence-corrected chi connectivity index (χ2v) is 5.12. The van der Waals surface area contributed by atoms with Crippen molar-refractivity contribution in [1.82, 2.24) is 19.7 Å². The average Bonchev–Trinajstić information content (AvgIpc) is 2.90. The Morgan fingerprint density at radius 3 is 3.00 bits per heavy atom. The molecule has 88 valence electrons. The Morgan fingerprint density at radius 2 is 2.31 bits per heavy atom. The number of nitrogens with zero attached hydrogens (tertiary/aromatic N) is 4. The Morgan fingerprint density at radius 1 is 1.44 bits per heavy atom. The molecule has 5 nitrogen and oxygen atoms in total. The van der Waals surface area contributed by atoms with E-state index < -0.39 is 0 Å². The van der Waals surface area contributed by atoms with Crippen molar-refractivity contribution in [3.05, 3.63) is 12.2 Å². The number of aliphatic hydroxyl groups excluding tert-OH is 1. The van der Waals surface area contributed by atoms with E-state index in [1.165, 1.54) is 6.42 Å². The Balaban J connectivity index is 1.65. The molecule has 2 heterocycles. The van der Waals surface area contributed by atoms with Gasteiger partial charge in [0, 0.05) is 26.1 Å². The summed E-state index contributed by atoms with van der Waals surface area (Å²) in [4.78, 5) is 2.39. The number of hydrogen-bond acceptors (Lipinski definition) is 4. The molecule has 16 heavy (non-hydrogen) atoms. The van der Waals surface area contributed by atoms with E-state index >= 15 is 0 Å². The molecular formula is C11H18N4O. The van der Waals surface area contributed by atoms with E-state index in [1.807, 2.05) is 11.6 Å². The quantitative estimate of drug-likeness (QED) is 0.766. The molecule has 3 atom stereocenters. The largest absolute Gasteiger partial charge is 0.393 e. The highest BCUT2D eigenvalue weighted by Crippen LogP contribution is 2.38. The van der Waals surface area contributed by atoms with Gasteiger partial charge in [-0.05, 0) is 18.8 Å². The molecule has 0 aromatic carbocycles. The summed E-state index contributed by atoms with van der Waals surface area (Å²) >= 11 is 0. The molecule has 0 amide bonds. The molecule has 1 aromatic rings. The molecule has 2 aliphatic rings. The van der Waals surface area contributed by atoms with Crippen molar-refractivity contribution in [2.45, 2.75) is 25.5 Å². The first-order valence-corrected chi connectivity index (χ1v) is 5.97. The van der Waals surface area contributed by atoms with Crippen molar-refractivity contribution in [3.8, 4) is 0 Å². The Kier molecular flexibility index (Phi) is 2.44. The molecule has 1 aliphatic carbocycles. The van der Waals surface area contributed by atoms with E-state index in [9.17, 15) is 5.11 Å². The van der Waals surface area contributed by atoms with Crippen molar-refractivity contribution in [1.29, 1.82) is 0 Å². The minimum atomic E-state index is -0.0745. The number of aryl methyl sites for hydroxylation is 1. The third-order valence-electron chi connectivity index (χ3n) is 4.06. The lowest BCUT2D eigenvalue weighted by atomic mass is 10.00. The van der Waals surface area contributed by atoms with Crippen molar-refractivity contribution >= 4 is 0 Å². The lowest BCUT2D eigenvalue weighted by molar-refractivity contribution is 0.123. The van der Waals surface area contributed by atoms with Crippen LogP contribution in [-0.2, 0) is 13.6 Å². The van der Waals surface area contributed by atoms with Gasteiger partial charge in [-0.15, -0.1) is 10.2 Å². The highest BCUT2D eigenvalue weighted by molar-refractivity contribution is 4.95. The first kappa shape index (κ1) is 10.2. The van der Waals surface area contributed by atoms with Crippen LogP contribution in [-0.4, -0.2) is 44.0 Å². The lowest BCUT2D eigenvalue weighted by Gasteiger charge is -2.16. The fourth-order valence-electron chi connectivity index (χ4n) is 3.11. The summed E-state index contributed by atoms with van der Waals surface area (Å²) in [5.74, 6) is 2.20. The fourth-order valence-corrected chi connectivity index (χ4v) is 3.11. The van der Waals surface area contributed by atoms with Crippen LogP contribution in [0.3, 0.4) is 0 Å². The molecule has 0 spiro atoms. The summed E-state index contributed by atoms with van der Waals surface area (Å²) < 4.78 is 1.96. The lowest BCUT2D eigenvalue weighted by Crippen LogP contribution is -2.25. The summed E-state index contributed by atoms with van der Waals surface area (Å²) in [7, 11) is 1.97. The van der Waals surface area contributed by atoms with Gasteiger partial charge in [-0.1, -0.05) is 0 Å². The monoisotopic (exact) mass is 222 g/mol. The Hall–Kier alpha value is -0.940. The van der Waals surface area contributed by atoms with Gasteiger partial charge in [0.2, 0.25) is 0 Å². The average molecular weight is 222 g/mol. The molecular weight excluding hydrogens is 204 g/mol. The first-order chi connectivity index (χ1) is 7.74. The minimum Gasteiger partial charge on any atom is -0.393 e. The zero-order chi connectivity index (χ0) is 11.1. The van der Waals surface area contributed by atoms with Gasteiger partial charge in [0.25, 0.3) is 0 Å². The topological polar surface area (TPSA) is 54.2 Å². The SMILES string of the molecule is Cn1cnnc1CN1CC2CCC(O)C2C1. The van der Waals surface area contributed by atoms with E-state index in [-0.39, 0.29) is 6.10 Å². The predicted molar refractivity (Wildman–Crippen MR) is 58.5 cm³/mol. The molecule has 2 fully saturated rings. The van der Waals surface area contributed by atoms with Gasteiger partial charge in [-0.2, -0.15) is 0 Å². The van der Waals surface area contributed by atoms with Crippen molar-refractivity contribution < 1.29 is 5.11 Å². The highest BCUT2D eigenvalue weighted by atomic mass is 16.3. The predicted octanol–water partition coefficient (Wildman–Crippen LogP) is 0.0178. The summed E-state index contributed by atoms with van der Waals surface area (Å²) in [5.41, 5.74) is 0. The second-order valence-electron chi connectivity index (χ2n) is 5.12. The zero-order valence-corrected chi connectivity index (χ0v) is 9.58. The van der Waals surface area contributed by atoms with E-state index in [2.05, 4.69) is 15.1 Å². The number of aliphatic hydroxyl groups is 1.